The van der Waals surface area contributed by atoms with Gasteiger partial charge in [-0.05, 0) is 46.6 Å². The summed E-state index contributed by atoms with van der Waals surface area (Å²) in [5.74, 6) is -0.274. The highest BCUT2D eigenvalue weighted by Crippen LogP contribution is 2.19. The van der Waals surface area contributed by atoms with Gasteiger partial charge in [0.25, 0.3) is 5.91 Å². The van der Waals surface area contributed by atoms with Crippen LogP contribution in [0.1, 0.15) is 22.8 Å². The maximum atomic E-state index is 12.0. The van der Waals surface area contributed by atoms with E-state index < -0.39 is 0 Å². The summed E-state index contributed by atoms with van der Waals surface area (Å²) in [6.45, 7) is 2.50. The van der Waals surface area contributed by atoms with Crippen molar-refractivity contribution < 1.29 is 14.0 Å². The Balaban J connectivity index is 1.98. The number of carbonyl (C=O) groups excluding carboxylic acids is 2. The molecule has 2 amide bonds. The third kappa shape index (κ3) is 4.19. The Morgan fingerprint density at radius 3 is 2.48 bits per heavy atom. The Labute approximate surface area is 130 Å². The Morgan fingerprint density at radius 1 is 1.19 bits per heavy atom. The Kier molecular flexibility index (Phi) is 5.16. The summed E-state index contributed by atoms with van der Waals surface area (Å²) >= 11 is 3.16. The molecule has 0 bridgehead atoms. The Morgan fingerprint density at radius 2 is 1.90 bits per heavy atom. The van der Waals surface area contributed by atoms with Crippen LogP contribution in [0.2, 0.25) is 0 Å². The van der Waals surface area contributed by atoms with Crippen LogP contribution in [0.25, 0.3) is 0 Å². The second-order valence-corrected chi connectivity index (χ2v) is 5.11. The standard InChI is InChI=1S/C15H15BrN2O3/c1-2-17-13(19)9-10-3-5-11(6-4-10)18-15(20)12-7-8-21-14(12)16/h3-8H,2,9H2,1H3,(H,17,19)(H,18,20). The zero-order valence-electron chi connectivity index (χ0n) is 11.5. The van der Waals surface area contributed by atoms with E-state index in [1.807, 2.05) is 19.1 Å². The molecule has 110 valence electrons. The number of anilines is 1. The van der Waals surface area contributed by atoms with E-state index >= 15 is 0 Å². The van der Waals surface area contributed by atoms with Crippen molar-refractivity contribution in [3.63, 3.8) is 0 Å². The fraction of sp³-hybridized carbons (Fsp3) is 0.200. The lowest BCUT2D eigenvalue weighted by molar-refractivity contribution is -0.120. The molecule has 6 heteroatoms. The highest BCUT2D eigenvalue weighted by molar-refractivity contribution is 9.10. The number of benzene rings is 1. The summed E-state index contributed by atoms with van der Waals surface area (Å²) < 4.78 is 5.42. The third-order valence-corrected chi connectivity index (χ3v) is 3.43. The van der Waals surface area contributed by atoms with Gasteiger partial charge in [-0.15, -0.1) is 0 Å². The van der Waals surface area contributed by atoms with Crippen molar-refractivity contribution in [3.05, 3.63) is 52.4 Å². The molecular formula is C15H15BrN2O3. The fourth-order valence-electron chi connectivity index (χ4n) is 1.81. The second-order valence-electron chi connectivity index (χ2n) is 4.39. The van der Waals surface area contributed by atoms with E-state index in [9.17, 15) is 9.59 Å². The van der Waals surface area contributed by atoms with Crippen LogP contribution in [0.15, 0.2) is 45.7 Å². The van der Waals surface area contributed by atoms with Crippen LogP contribution in [0, 0.1) is 0 Å². The largest absolute Gasteiger partial charge is 0.457 e. The lowest BCUT2D eigenvalue weighted by Crippen LogP contribution is -2.24. The van der Waals surface area contributed by atoms with Crippen LogP contribution < -0.4 is 10.6 Å². The summed E-state index contributed by atoms with van der Waals surface area (Å²) in [7, 11) is 0. The molecule has 1 aromatic carbocycles. The van der Waals surface area contributed by atoms with Crippen LogP contribution in [0.3, 0.4) is 0 Å². The molecule has 2 aromatic rings. The van der Waals surface area contributed by atoms with E-state index in [-0.39, 0.29) is 11.8 Å². The molecule has 0 radical (unpaired) electrons. The maximum absolute atomic E-state index is 12.0. The smallest absolute Gasteiger partial charge is 0.260 e. The van der Waals surface area contributed by atoms with Crippen LogP contribution in [-0.2, 0) is 11.2 Å². The van der Waals surface area contributed by atoms with Crippen molar-refractivity contribution in [1.82, 2.24) is 5.32 Å². The number of nitrogens with one attached hydrogen (secondary N) is 2. The zero-order valence-corrected chi connectivity index (χ0v) is 13.1. The first-order chi connectivity index (χ1) is 10.1. The maximum Gasteiger partial charge on any atom is 0.260 e. The predicted molar refractivity (Wildman–Crippen MR) is 83.2 cm³/mol. The van der Waals surface area contributed by atoms with Crippen molar-refractivity contribution in [2.45, 2.75) is 13.3 Å². The van der Waals surface area contributed by atoms with Crippen molar-refractivity contribution in [1.29, 1.82) is 0 Å². The van der Waals surface area contributed by atoms with Gasteiger partial charge >= 0.3 is 0 Å². The quantitative estimate of drug-likeness (QED) is 0.870. The van der Waals surface area contributed by atoms with E-state index in [2.05, 4.69) is 26.6 Å². The molecule has 0 saturated carbocycles. The number of halogens is 1. The number of hydrogen-bond acceptors (Lipinski definition) is 3. The molecule has 0 aliphatic carbocycles. The number of furan rings is 1. The van der Waals surface area contributed by atoms with Crippen molar-refractivity contribution >= 4 is 33.4 Å². The van der Waals surface area contributed by atoms with Gasteiger partial charge in [0.2, 0.25) is 5.91 Å². The van der Waals surface area contributed by atoms with Crippen LogP contribution in [0.5, 0.6) is 0 Å². The SMILES string of the molecule is CCNC(=O)Cc1ccc(NC(=O)c2ccoc2Br)cc1. The van der Waals surface area contributed by atoms with Gasteiger partial charge in [-0.2, -0.15) is 0 Å². The molecule has 0 aliphatic rings. The lowest BCUT2D eigenvalue weighted by Gasteiger charge is -2.06. The van der Waals surface area contributed by atoms with Gasteiger partial charge in [-0.1, -0.05) is 12.1 Å². The molecular weight excluding hydrogens is 336 g/mol. The number of likely N-dealkylation sites (N-methyl/N-ethyl adjacent to an activating group) is 1. The van der Waals surface area contributed by atoms with Crippen LogP contribution in [0.4, 0.5) is 5.69 Å². The third-order valence-electron chi connectivity index (χ3n) is 2.81. The van der Waals surface area contributed by atoms with E-state index in [0.717, 1.165) is 5.56 Å². The molecule has 0 aliphatic heterocycles. The topological polar surface area (TPSA) is 71.3 Å². The molecule has 2 N–H and O–H groups in total. The molecule has 5 nitrogen and oxygen atoms in total. The minimum atomic E-state index is -0.257. The number of carbonyl (C=O) groups is 2. The average Bonchev–Trinajstić information content (AvgIpc) is 2.87. The van der Waals surface area contributed by atoms with E-state index in [4.69, 9.17) is 4.42 Å². The number of rotatable bonds is 5. The molecule has 0 atom stereocenters. The van der Waals surface area contributed by atoms with Crippen LogP contribution in [-0.4, -0.2) is 18.4 Å². The molecule has 0 saturated heterocycles. The van der Waals surface area contributed by atoms with Crippen LogP contribution >= 0.6 is 15.9 Å². The summed E-state index contributed by atoms with van der Waals surface area (Å²) in [4.78, 5) is 23.5. The molecule has 2 rings (SSSR count). The van der Waals surface area contributed by atoms with Gasteiger partial charge in [-0.3, -0.25) is 9.59 Å². The van der Waals surface area contributed by atoms with Crippen molar-refractivity contribution in [2.24, 2.45) is 0 Å². The Hall–Kier alpha value is -2.08. The summed E-state index contributed by atoms with van der Waals surface area (Å²) in [6, 6.07) is 8.74. The molecule has 1 heterocycles. The first kappa shape index (κ1) is 15.3. The van der Waals surface area contributed by atoms with E-state index in [1.54, 1.807) is 18.2 Å². The number of hydrogen-bond donors (Lipinski definition) is 2. The highest BCUT2D eigenvalue weighted by atomic mass is 79.9. The summed E-state index contributed by atoms with van der Waals surface area (Å²) in [5, 5.41) is 5.50. The van der Waals surface area contributed by atoms with Gasteiger partial charge in [0.1, 0.15) is 0 Å². The molecule has 21 heavy (non-hydrogen) atoms. The first-order valence-electron chi connectivity index (χ1n) is 6.50. The Bertz CT molecular complexity index is 635. The van der Waals surface area contributed by atoms with Gasteiger partial charge in [0.15, 0.2) is 4.67 Å². The van der Waals surface area contributed by atoms with Gasteiger partial charge in [-0.25, -0.2) is 0 Å². The van der Waals surface area contributed by atoms with Crippen molar-refractivity contribution in [3.8, 4) is 0 Å². The minimum Gasteiger partial charge on any atom is -0.457 e. The van der Waals surface area contributed by atoms with E-state index in [1.165, 1.54) is 6.26 Å². The summed E-state index contributed by atoms with van der Waals surface area (Å²) in [5.41, 5.74) is 1.98. The predicted octanol–water partition coefficient (Wildman–Crippen LogP) is 2.97. The number of amides is 2. The van der Waals surface area contributed by atoms with Gasteiger partial charge in [0.05, 0.1) is 18.2 Å². The average molecular weight is 351 g/mol. The van der Waals surface area contributed by atoms with Crippen molar-refractivity contribution in [2.75, 3.05) is 11.9 Å². The molecule has 0 fully saturated rings. The molecule has 1 aromatic heterocycles. The highest BCUT2D eigenvalue weighted by Gasteiger charge is 2.12. The first-order valence-corrected chi connectivity index (χ1v) is 7.29. The van der Waals surface area contributed by atoms with Gasteiger partial charge in [0, 0.05) is 12.2 Å². The zero-order chi connectivity index (χ0) is 15.2. The van der Waals surface area contributed by atoms with Gasteiger partial charge < -0.3 is 15.1 Å². The lowest BCUT2D eigenvalue weighted by atomic mass is 10.1. The molecule has 0 spiro atoms. The normalized spacial score (nSPS) is 10.2. The summed E-state index contributed by atoms with van der Waals surface area (Å²) in [6.07, 6.45) is 1.77. The van der Waals surface area contributed by atoms with E-state index in [0.29, 0.717) is 28.9 Å². The second kappa shape index (κ2) is 7.08. The minimum absolute atomic E-state index is 0.0170. The fourth-order valence-corrected chi connectivity index (χ4v) is 2.23. The molecule has 0 unspecified atom stereocenters. The monoisotopic (exact) mass is 350 g/mol.